The van der Waals surface area contributed by atoms with E-state index in [2.05, 4.69) is 43.5 Å². The van der Waals surface area contributed by atoms with Gasteiger partial charge in [-0.25, -0.2) is 9.98 Å². The number of aromatic nitrogens is 1. The van der Waals surface area contributed by atoms with Crippen LogP contribution in [-0.2, 0) is 13.1 Å². The lowest BCUT2D eigenvalue weighted by molar-refractivity contribution is 0.173. The van der Waals surface area contributed by atoms with Gasteiger partial charge in [-0.15, -0.1) is 35.3 Å². The third kappa shape index (κ3) is 5.45. The van der Waals surface area contributed by atoms with Crippen molar-refractivity contribution in [2.75, 3.05) is 13.3 Å². The number of nitrogens with zero attached hydrogens (tertiary/aromatic N) is 2. The molecule has 0 spiro atoms. The average molecular weight is 539 g/mol. The molecule has 0 unspecified atom stereocenters. The van der Waals surface area contributed by atoms with Gasteiger partial charge in [0.15, 0.2) is 17.5 Å². The zero-order valence-electron chi connectivity index (χ0n) is 14.0. The van der Waals surface area contributed by atoms with Crippen molar-refractivity contribution in [3.63, 3.8) is 0 Å². The van der Waals surface area contributed by atoms with E-state index in [1.807, 2.05) is 25.3 Å². The summed E-state index contributed by atoms with van der Waals surface area (Å²) >= 11 is 5.19. The van der Waals surface area contributed by atoms with Gasteiger partial charge >= 0.3 is 0 Å². The number of thiazole rings is 1. The Morgan fingerprint density at radius 3 is 2.92 bits per heavy atom. The molecule has 0 atom stereocenters. The number of hydrogen-bond donors (Lipinski definition) is 2. The fourth-order valence-electron chi connectivity index (χ4n) is 2.27. The third-order valence-electron chi connectivity index (χ3n) is 3.33. The van der Waals surface area contributed by atoms with Crippen molar-refractivity contribution in [1.82, 2.24) is 15.6 Å². The molecule has 1 aliphatic heterocycles. The second-order valence-electron chi connectivity index (χ2n) is 5.22. The first kappa shape index (κ1) is 20.2. The molecule has 2 aromatic rings. The van der Waals surface area contributed by atoms with Crippen molar-refractivity contribution in [1.29, 1.82) is 0 Å². The Morgan fingerprint density at radius 2 is 2.20 bits per heavy atom. The van der Waals surface area contributed by atoms with E-state index in [1.165, 1.54) is 4.88 Å². The van der Waals surface area contributed by atoms with E-state index in [0.717, 1.165) is 39.0 Å². The summed E-state index contributed by atoms with van der Waals surface area (Å²) in [4.78, 5) is 10.2. The zero-order valence-corrected chi connectivity index (χ0v) is 18.7. The number of ether oxygens (including phenoxy) is 2. The number of benzene rings is 1. The summed E-state index contributed by atoms with van der Waals surface area (Å²) in [5.74, 6) is 2.27. The van der Waals surface area contributed by atoms with Crippen LogP contribution in [0.15, 0.2) is 27.8 Å². The number of hydrogen-bond acceptors (Lipinski definition) is 5. The second kappa shape index (κ2) is 9.58. The van der Waals surface area contributed by atoms with Crippen LogP contribution in [0.4, 0.5) is 0 Å². The van der Waals surface area contributed by atoms with Crippen molar-refractivity contribution in [3.8, 4) is 11.5 Å². The molecule has 1 aliphatic rings. The van der Waals surface area contributed by atoms with Gasteiger partial charge in [-0.2, -0.15) is 0 Å². The van der Waals surface area contributed by atoms with Crippen LogP contribution in [0.25, 0.3) is 0 Å². The Labute approximate surface area is 176 Å². The SMILES string of the molecule is CCNC(=NCc1cc(Br)c2c(c1)OCO2)NCc1ncc(C)s1.I. The topological polar surface area (TPSA) is 67.8 Å². The Bertz CT molecular complexity index is 754. The van der Waals surface area contributed by atoms with Crippen molar-refractivity contribution < 1.29 is 9.47 Å². The molecular formula is C16H20BrIN4O2S. The van der Waals surface area contributed by atoms with Crippen LogP contribution in [-0.4, -0.2) is 24.3 Å². The van der Waals surface area contributed by atoms with Crippen LogP contribution in [0.2, 0.25) is 0 Å². The Kier molecular flexibility index (Phi) is 7.76. The summed E-state index contributed by atoms with van der Waals surface area (Å²) in [7, 11) is 0. The lowest BCUT2D eigenvalue weighted by atomic mass is 10.2. The molecule has 3 rings (SSSR count). The normalized spacial score (nSPS) is 12.7. The summed E-state index contributed by atoms with van der Waals surface area (Å²) < 4.78 is 11.7. The van der Waals surface area contributed by atoms with Gasteiger partial charge in [-0.3, -0.25) is 0 Å². The Morgan fingerprint density at radius 1 is 1.36 bits per heavy atom. The first-order valence-corrected chi connectivity index (χ1v) is 9.28. The lowest BCUT2D eigenvalue weighted by Gasteiger charge is -2.10. The number of aryl methyl sites for hydroxylation is 1. The molecule has 0 bridgehead atoms. The standard InChI is InChI=1S/C16H19BrN4O2S.HI/c1-3-18-16(21-8-14-19-6-10(2)24-14)20-7-11-4-12(17)15-13(5-11)22-9-23-15;/h4-6H,3,7-9H2,1-2H3,(H2,18,20,21);1H. The molecule has 2 N–H and O–H groups in total. The van der Waals surface area contributed by atoms with Gasteiger partial charge in [0, 0.05) is 17.6 Å². The molecule has 0 saturated heterocycles. The summed E-state index contributed by atoms with van der Waals surface area (Å²) in [6.07, 6.45) is 1.88. The molecule has 6 nitrogen and oxygen atoms in total. The van der Waals surface area contributed by atoms with Crippen LogP contribution in [0.3, 0.4) is 0 Å². The lowest BCUT2D eigenvalue weighted by Crippen LogP contribution is -2.36. The van der Waals surface area contributed by atoms with Gasteiger partial charge in [0.25, 0.3) is 0 Å². The van der Waals surface area contributed by atoms with Crippen molar-refractivity contribution >= 4 is 57.2 Å². The maximum Gasteiger partial charge on any atom is 0.231 e. The molecule has 9 heteroatoms. The smallest absolute Gasteiger partial charge is 0.231 e. The Balaban J connectivity index is 0.00000225. The molecule has 1 aromatic heterocycles. The fraction of sp³-hybridized carbons (Fsp3) is 0.375. The third-order valence-corrected chi connectivity index (χ3v) is 4.83. The number of nitrogens with one attached hydrogen (secondary N) is 2. The predicted octanol–water partition coefficient (Wildman–Crippen LogP) is 3.82. The fourth-order valence-corrected chi connectivity index (χ4v) is 3.60. The number of aliphatic imine (C=N–C) groups is 1. The highest BCUT2D eigenvalue weighted by molar-refractivity contribution is 14.0. The second-order valence-corrected chi connectivity index (χ2v) is 7.40. The zero-order chi connectivity index (χ0) is 16.9. The van der Waals surface area contributed by atoms with E-state index >= 15 is 0 Å². The number of guanidine groups is 1. The summed E-state index contributed by atoms with van der Waals surface area (Å²) in [6.45, 7) is 6.36. The van der Waals surface area contributed by atoms with E-state index in [-0.39, 0.29) is 30.8 Å². The minimum absolute atomic E-state index is 0. The summed E-state index contributed by atoms with van der Waals surface area (Å²) in [5, 5.41) is 7.60. The molecule has 25 heavy (non-hydrogen) atoms. The van der Waals surface area contributed by atoms with Crippen molar-refractivity contribution in [3.05, 3.63) is 38.3 Å². The summed E-state index contributed by atoms with van der Waals surface area (Å²) in [5.41, 5.74) is 1.05. The number of fused-ring (bicyclic) bond motifs is 1. The number of rotatable bonds is 5. The molecule has 2 heterocycles. The van der Waals surface area contributed by atoms with Crippen LogP contribution in [0.5, 0.6) is 11.5 Å². The minimum Gasteiger partial charge on any atom is -0.454 e. The predicted molar refractivity (Wildman–Crippen MR) is 114 cm³/mol. The highest BCUT2D eigenvalue weighted by atomic mass is 127. The summed E-state index contributed by atoms with van der Waals surface area (Å²) in [6, 6.07) is 3.97. The van der Waals surface area contributed by atoms with Gasteiger partial charge < -0.3 is 20.1 Å². The van der Waals surface area contributed by atoms with Crippen LogP contribution < -0.4 is 20.1 Å². The van der Waals surface area contributed by atoms with E-state index < -0.39 is 0 Å². The quantitative estimate of drug-likeness (QED) is 0.344. The van der Waals surface area contributed by atoms with E-state index in [9.17, 15) is 0 Å². The van der Waals surface area contributed by atoms with Gasteiger partial charge in [0.2, 0.25) is 6.79 Å². The Hall–Kier alpha value is -1.07. The maximum atomic E-state index is 5.44. The molecular weight excluding hydrogens is 519 g/mol. The number of halogens is 2. The monoisotopic (exact) mass is 538 g/mol. The molecule has 136 valence electrons. The van der Waals surface area contributed by atoms with Crippen molar-refractivity contribution in [2.24, 2.45) is 4.99 Å². The molecule has 0 saturated carbocycles. The van der Waals surface area contributed by atoms with Crippen molar-refractivity contribution in [2.45, 2.75) is 26.9 Å². The molecule has 1 aromatic carbocycles. The maximum absolute atomic E-state index is 5.44. The highest BCUT2D eigenvalue weighted by Crippen LogP contribution is 2.40. The van der Waals surface area contributed by atoms with E-state index in [4.69, 9.17) is 9.47 Å². The van der Waals surface area contributed by atoms with Gasteiger partial charge in [0.1, 0.15) is 5.01 Å². The average Bonchev–Trinajstić information content (AvgIpc) is 3.19. The van der Waals surface area contributed by atoms with Gasteiger partial charge in [-0.1, -0.05) is 0 Å². The largest absolute Gasteiger partial charge is 0.454 e. The van der Waals surface area contributed by atoms with Gasteiger partial charge in [-0.05, 0) is 47.5 Å². The van der Waals surface area contributed by atoms with E-state index in [0.29, 0.717) is 13.1 Å². The molecule has 0 amide bonds. The first-order valence-electron chi connectivity index (χ1n) is 7.67. The van der Waals surface area contributed by atoms with Crippen LogP contribution >= 0.6 is 51.2 Å². The minimum atomic E-state index is 0. The van der Waals surface area contributed by atoms with Gasteiger partial charge in [0.05, 0.1) is 17.6 Å². The molecule has 0 aliphatic carbocycles. The van der Waals surface area contributed by atoms with Crippen LogP contribution in [0, 0.1) is 6.92 Å². The molecule has 0 fully saturated rings. The highest BCUT2D eigenvalue weighted by Gasteiger charge is 2.17. The first-order chi connectivity index (χ1) is 11.7. The van der Waals surface area contributed by atoms with Crippen LogP contribution in [0.1, 0.15) is 22.4 Å². The van der Waals surface area contributed by atoms with E-state index in [1.54, 1.807) is 11.3 Å². The molecule has 0 radical (unpaired) electrons.